The smallest absolute Gasteiger partial charge is 0.348 e. The lowest BCUT2D eigenvalue weighted by Gasteiger charge is -2.05. The van der Waals surface area contributed by atoms with Crippen LogP contribution in [0.4, 0.5) is 0 Å². The Balaban J connectivity index is 2.20. The van der Waals surface area contributed by atoms with Crippen LogP contribution in [0, 0.1) is 0 Å². The summed E-state index contributed by atoms with van der Waals surface area (Å²) < 4.78 is 0. The molecule has 0 unspecified atom stereocenters. The molecule has 6 nitrogen and oxygen atoms in total. The van der Waals surface area contributed by atoms with Gasteiger partial charge in [0.2, 0.25) is 0 Å². The molecular weight excluding hydrogens is 343 g/mol. The highest BCUT2D eigenvalue weighted by molar-refractivity contribution is 6.51. The molecule has 0 aliphatic rings. The Morgan fingerprint density at radius 3 is 2.35 bits per heavy atom. The molecule has 1 amide bonds. The number of carboxylic acids is 1. The zero-order valence-electron chi connectivity index (χ0n) is 11.5. The van der Waals surface area contributed by atoms with Gasteiger partial charge in [-0.15, -0.1) is 0 Å². The monoisotopic (exact) mass is 352 g/mol. The minimum absolute atomic E-state index is 0.0188. The molecule has 0 atom stereocenters. The predicted molar refractivity (Wildman–Crippen MR) is 87.9 cm³/mol. The van der Waals surface area contributed by atoms with Gasteiger partial charge in [0.15, 0.2) is 0 Å². The molecule has 118 valence electrons. The first-order valence-corrected chi connectivity index (χ1v) is 6.99. The van der Waals surface area contributed by atoms with Gasteiger partial charge in [-0.2, -0.15) is 5.10 Å². The van der Waals surface area contributed by atoms with Gasteiger partial charge < -0.3 is 10.2 Å². The molecule has 2 rings (SSSR count). The van der Waals surface area contributed by atoms with E-state index in [0.717, 1.165) is 17.0 Å². The number of fused-ring (bicyclic) bond motifs is 1. The maximum atomic E-state index is 12.0. The number of benzene rings is 2. The normalized spacial score (nSPS) is 12.3. The molecule has 0 aromatic heterocycles. The molecule has 23 heavy (non-hydrogen) atoms. The number of aromatic hydroxyl groups is 1. The second-order valence-electron chi connectivity index (χ2n) is 4.38. The average molecular weight is 353 g/mol. The maximum absolute atomic E-state index is 12.0. The Morgan fingerprint density at radius 1 is 1.13 bits per heavy atom. The van der Waals surface area contributed by atoms with Crippen molar-refractivity contribution in [2.24, 2.45) is 5.10 Å². The fourth-order valence-electron chi connectivity index (χ4n) is 1.78. The van der Waals surface area contributed by atoms with Crippen LogP contribution >= 0.6 is 23.2 Å². The van der Waals surface area contributed by atoms with Crippen LogP contribution < -0.4 is 5.43 Å². The van der Waals surface area contributed by atoms with Gasteiger partial charge in [-0.05, 0) is 22.9 Å². The van der Waals surface area contributed by atoms with Crippen LogP contribution in [0.3, 0.4) is 0 Å². The summed E-state index contributed by atoms with van der Waals surface area (Å²) in [4.78, 5) is 22.6. The summed E-state index contributed by atoms with van der Waals surface area (Å²) in [5, 5.41) is 22.6. The van der Waals surface area contributed by atoms with Gasteiger partial charge in [0, 0.05) is 0 Å². The summed E-state index contributed by atoms with van der Waals surface area (Å²) in [5.41, 5.74) is 2.15. The summed E-state index contributed by atoms with van der Waals surface area (Å²) in [6, 6.07) is 10.2. The van der Waals surface area contributed by atoms with Crippen LogP contribution in [0.15, 0.2) is 51.6 Å². The first-order chi connectivity index (χ1) is 10.9. The van der Waals surface area contributed by atoms with Crippen molar-refractivity contribution >= 4 is 52.1 Å². The molecule has 0 fully saturated rings. The third-order valence-corrected chi connectivity index (χ3v) is 3.60. The molecule has 2 aromatic carbocycles. The molecule has 3 N–H and O–H groups in total. The van der Waals surface area contributed by atoms with Crippen molar-refractivity contribution in [3.05, 3.63) is 52.0 Å². The van der Waals surface area contributed by atoms with Crippen LogP contribution in [0.25, 0.3) is 10.8 Å². The van der Waals surface area contributed by atoms with Crippen molar-refractivity contribution in [1.29, 1.82) is 0 Å². The van der Waals surface area contributed by atoms with E-state index in [2.05, 4.69) is 10.5 Å². The van der Waals surface area contributed by atoms with E-state index in [-0.39, 0.29) is 16.3 Å². The number of aliphatic carboxylic acids is 1. The number of carbonyl (C=O) groups excluding carboxylic acids is 1. The van der Waals surface area contributed by atoms with Crippen LogP contribution in [0.1, 0.15) is 10.4 Å². The Bertz CT molecular complexity index is 846. The van der Waals surface area contributed by atoms with E-state index in [1.165, 1.54) is 12.1 Å². The highest BCUT2D eigenvalue weighted by Gasteiger charge is 2.12. The van der Waals surface area contributed by atoms with Crippen molar-refractivity contribution in [2.75, 3.05) is 0 Å². The minimum atomic E-state index is -1.42. The molecule has 2 aromatic rings. The zero-order valence-corrected chi connectivity index (χ0v) is 13.0. The number of allylic oxidation sites excluding steroid dienone is 1. The van der Waals surface area contributed by atoms with E-state index in [9.17, 15) is 14.7 Å². The van der Waals surface area contributed by atoms with Crippen molar-refractivity contribution in [2.45, 2.75) is 0 Å². The predicted octanol–water partition coefficient (Wildman–Crippen LogP) is 3.03. The molecule has 0 heterocycles. The first kappa shape index (κ1) is 16.8. The third-order valence-electron chi connectivity index (χ3n) is 2.85. The van der Waals surface area contributed by atoms with Gasteiger partial charge in [0.1, 0.15) is 10.8 Å². The zero-order chi connectivity index (χ0) is 17.0. The Labute approximate surface area is 140 Å². The Morgan fingerprint density at radius 2 is 1.74 bits per heavy atom. The second-order valence-corrected chi connectivity index (χ2v) is 5.17. The molecule has 0 bridgehead atoms. The summed E-state index contributed by atoms with van der Waals surface area (Å²) in [5.74, 6) is -2.30. The van der Waals surface area contributed by atoms with Crippen LogP contribution in [0.5, 0.6) is 5.75 Å². The van der Waals surface area contributed by atoms with Crippen molar-refractivity contribution in [3.8, 4) is 5.75 Å². The summed E-state index contributed by atoms with van der Waals surface area (Å²) in [6.45, 7) is 0. The molecule has 8 heteroatoms. The lowest BCUT2D eigenvalue weighted by Crippen LogP contribution is -2.17. The fraction of sp³-hybridized carbons (Fsp3) is 0. The van der Waals surface area contributed by atoms with E-state index >= 15 is 0 Å². The van der Waals surface area contributed by atoms with Crippen molar-refractivity contribution < 1.29 is 19.8 Å². The lowest BCUT2D eigenvalue weighted by atomic mass is 10.1. The number of halogens is 2. The van der Waals surface area contributed by atoms with Gasteiger partial charge in [-0.25, -0.2) is 10.2 Å². The SMILES string of the molecule is O=C(O)/C(Cl)=C(Cl)/C=N/NC(=O)c1cc2ccccc2cc1O. The molecule has 0 saturated heterocycles. The van der Waals surface area contributed by atoms with Gasteiger partial charge in [-0.1, -0.05) is 47.5 Å². The van der Waals surface area contributed by atoms with E-state index in [1.54, 1.807) is 18.2 Å². The maximum Gasteiger partial charge on any atom is 0.348 e. The molecule has 0 aliphatic heterocycles. The van der Waals surface area contributed by atoms with E-state index in [0.29, 0.717) is 0 Å². The van der Waals surface area contributed by atoms with E-state index in [4.69, 9.17) is 28.3 Å². The van der Waals surface area contributed by atoms with E-state index < -0.39 is 16.9 Å². The lowest BCUT2D eigenvalue weighted by molar-refractivity contribution is -0.131. The van der Waals surface area contributed by atoms with E-state index in [1.807, 2.05) is 6.07 Å². The second kappa shape index (κ2) is 7.13. The summed E-state index contributed by atoms with van der Waals surface area (Å²) >= 11 is 11.0. The highest BCUT2D eigenvalue weighted by Crippen LogP contribution is 2.24. The number of nitrogens with zero attached hydrogens (tertiary/aromatic N) is 1. The Kier molecular flexibility index (Phi) is 5.20. The number of carbonyl (C=O) groups is 2. The average Bonchev–Trinajstić information content (AvgIpc) is 2.52. The highest BCUT2D eigenvalue weighted by atomic mass is 35.5. The Hall–Kier alpha value is -2.57. The van der Waals surface area contributed by atoms with Crippen LogP contribution in [-0.2, 0) is 4.79 Å². The summed E-state index contributed by atoms with van der Waals surface area (Å²) in [7, 11) is 0. The van der Waals surface area contributed by atoms with Gasteiger partial charge >= 0.3 is 5.97 Å². The first-order valence-electron chi connectivity index (χ1n) is 6.24. The number of hydrazone groups is 1. The third kappa shape index (κ3) is 4.00. The number of carboxylic acid groups (broad SMARTS) is 1. The largest absolute Gasteiger partial charge is 0.507 e. The molecule has 0 saturated carbocycles. The van der Waals surface area contributed by atoms with Crippen molar-refractivity contribution in [3.63, 3.8) is 0 Å². The standard InChI is InChI=1S/C15H10Cl2N2O4/c16-11(13(17)15(22)23)7-18-19-14(21)10-5-8-3-1-2-4-9(8)6-12(10)20/h1-7,20H,(H,19,21)(H,22,23)/b13-11+,18-7+. The number of nitrogens with one attached hydrogen (secondary N) is 1. The number of hydrogen-bond donors (Lipinski definition) is 3. The number of phenolic OH excluding ortho intramolecular Hbond substituents is 1. The summed E-state index contributed by atoms with van der Waals surface area (Å²) in [6.07, 6.45) is 0.883. The molecule has 0 aliphatic carbocycles. The van der Waals surface area contributed by atoms with Crippen LogP contribution in [0.2, 0.25) is 0 Å². The number of amides is 1. The number of rotatable bonds is 4. The topological polar surface area (TPSA) is 99.0 Å². The van der Waals surface area contributed by atoms with Crippen LogP contribution in [-0.4, -0.2) is 28.3 Å². The molecule has 0 spiro atoms. The van der Waals surface area contributed by atoms with Gasteiger partial charge in [0.25, 0.3) is 5.91 Å². The number of hydrogen-bond acceptors (Lipinski definition) is 4. The van der Waals surface area contributed by atoms with Gasteiger partial charge in [-0.3, -0.25) is 4.79 Å². The molecular formula is C15H10Cl2N2O4. The number of phenols is 1. The fourth-order valence-corrected chi connectivity index (χ4v) is 1.96. The quantitative estimate of drug-likeness (QED) is 0.447. The molecule has 0 radical (unpaired) electrons. The minimum Gasteiger partial charge on any atom is -0.507 e. The van der Waals surface area contributed by atoms with Gasteiger partial charge in [0.05, 0.1) is 16.8 Å². The van der Waals surface area contributed by atoms with Crippen molar-refractivity contribution in [1.82, 2.24) is 5.43 Å².